The van der Waals surface area contributed by atoms with E-state index < -0.39 is 0 Å². The van der Waals surface area contributed by atoms with Crippen LogP contribution in [0.3, 0.4) is 0 Å². The highest BCUT2D eigenvalue weighted by atomic mass is 16.2. The second-order valence-corrected chi connectivity index (χ2v) is 4.64. The second-order valence-electron chi connectivity index (χ2n) is 4.64. The molecule has 0 bridgehead atoms. The molecule has 0 unspecified atom stereocenters. The van der Waals surface area contributed by atoms with E-state index in [-0.39, 0.29) is 18.1 Å². The molecule has 0 saturated carbocycles. The van der Waals surface area contributed by atoms with E-state index in [4.69, 9.17) is 0 Å². The SMILES string of the molecule is O=C(Cn1nc2n(c1=O)CCCC2)Nc1cncnc1. The molecule has 1 N–H and O–H groups in total. The standard InChI is InChI=1S/C12H14N6O2/c19-11(15-9-5-13-8-14-6-9)7-18-12(20)17-4-2-1-3-10(17)16-18/h5-6,8H,1-4,7H2,(H,15,19). The Morgan fingerprint density at radius 2 is 2.10 bits per heavy atom. The van der Waals surface area contributed by atoms with Crippen molar-refractivity contribution in [3.63, 3.8) is 0 Å². The van der Waals surface area contributed by atoms with E-state index in [1.807, 2.05) is 0 Å². The molecule has 0 radical (unpaired) electrons. The van der Waals surface area contributed by atoms with Crippen molar-refractivity contribution in [3.8, 4) is 0 Å². The maximum Gasteiger partial charge on any atom is 0.346 e. The maximum absolute atomic E-state index is 12.1. The van der Waals surface area contributed by atoms with Crippen LogP contribution in [0.15, 0.2) is 23.5 Å². The molecule has 0 aliphatic carbocycles. The summed E-state index contributed by atoms with van der Waals surface area (Å²) in [7, 11) is 0. The van der Waals surface area contributed by atoms with Crippen LogP contribution in [0.5, 0.6) is 0 Å². The third-order valence-corrected chi connectivity index (χ3v) is 3.17. The molecular weight excluding hydrogens is 260 g/mol. The van der Waals surface area contributed by atoms with Gasteiger partial charge in [0.15, 0.2) is 0 Å². The van der Waals surface area contributed by atoms with Crippen molar-refractivity contribution in [1.82, 2.24) is 24.3 Å². The quantitative estimate of drug-likeness (QED) is 0.837. The smallest absolute Gasteiger partial charge is 0.322 e. The average Bonchev–Trinajstić information content (AvgIpc) is 2.77. The molecule has 0 spiro atoms. The van der Waals surface area contributed by atoms with E-state index in [9.17, 15) is 9.59 Å². The van der Waals surface area contributed by atoms with E-state index in [2.05, 4.69) is 20.4 Å². The third-order valence-electron chi connectivity index (χ3n) is 3.17. The zero-order valence-electron chi connectivity index (χ0n) is 10.8. The first-order valence-electron chi connectivity index (χ1n) is 6.45. The molecule has 1 aliphatic rings. The van der Waals surface area contributed by atoms with Gasteiger partial charge in [-0.25, -0.2) is 19.4 Å². The summed E-state index contributed by atoms with van der Waals surface area (Å²) in [5.74, 6) is 0.439. The fourth-order valence-electron chi connectivity index (χ4n) is 2.25. The van der Waals surface area contributed by atoms with Gasteiger partial charge in [0.2, 0.25) is 5.91 Å². The van der Waals surface area contributed by atoms with Gasteiger partial charge in [0.1, 0.15) is 18.7 Å². The molecular formula is C12H14N6O2. The van der Waals surface area contributed by atoms with Crippen LogP contribution in [-0.4, -0.2) is 30.2 Å². The minimum Gasteiger partial charge on any atom is -0.322 e. The molecule has 1 amide bonds. The van der Waals surface area contributed by atoms with Gasteiger partial charge in [-0.2, -0.15) is 5.10 Å². The fraction of sp³-hybridized carbons (Fsp3) is 0.417. The number of aromatic nitrogens is 5. The van der Waals surface area contributed by atoms with E-state index >= 15 is 0 Å². The van der Waals surface area contributed by atoms with Gasteiger partial charge in [0.05, 0.1) is 18.1 Å². The Hall–Kier alpha value is -2.51. The first-order chi connectivity index (χ1) is 9.74. The summed E-state index contributed by atoms with van der Waals surface area (Å²) >= 11 is 0. The lowest BCUT2D eigenvalue weighted by Gasteiger charge is -2.09. The Morgan fingerprint density at radius 3 is 2.85 bits per heavy atom. The molecule has 2 aromatic rings. The highest BCUT2D eigenvalue weighted by Crippen LogP contribution is 2.09. The fourth-order valence-corrected chi connectivity index (χ4v) is 2.25. The third kappa shape index (κ3) is 2.44. The Balaban J connectivity index is 1.73. The van der Waals surface area contributed by atoms with Crippen molar-refractivity contribution >= 4 is 11.6 Å². The summed E-state index contributed by atoms with van der Waals surface area (Å²) in [5.41, 5.74) is 0.272. The van der Waals surface area contributed by atoms with Gasteiger partial charge in [-0.05, 0) is 12.8 Å². The summed E-state index contributed by atoms with van der Waals surface area (Å²) in [6, 6.07) is 0. The molecule has 20 heavy (non-hydrogen) atoms. The van der Waals surface area contributed by atoms with E-state index in [0.717, 1.165) is 25.1 Å². The monoisotopic (exact) mass is 274 g/mol. The Labute approximate surface area is 114 Å². The van der Waals surface area contributed by atoms with Crippen molar-refractivity contribution in [2.45, 2.75) is 32.4 Å². The average molecular weight is 274 g/mol. The number of rotatable bonds is 3. The number of aryl methyl sites for hydroxylation is 1. The predicted molar refractivity (Wildman–Crippen MR) is 70.1 cm³/mol. The second kappa shape index (κ2) is 5.24. The summed E-state index contributed by atoms with van der Waals surface area (Å²) in [6.07, 6.45) is 7.16. The minimum atomic E-state index is -0.322. The molecule has 2 aromatic heterocycles. The van der Waals surface area contributed by atoms with Crippen LogP contribution in [0.4, 0.5) is 5.69 Å². The highest BCUT2D eigenvalue weighted by Gasteiger charge is 2.18. The number of fused-ring (bicyclic) bond motifs is 1. The van der Waals surface area contributed by atoms with Crippen LogP contribution in [0, 0.1) is 0 Å². The molecule has 3 heterocycles. The highest BCUT2D eigenvalue weighted by molar-refractivity contribution is 5.90. The van der Waals surface area contributed by atoms with Crippen molar-refractivity contribution < 1.29 is 4.79 Å². The summed E-state index contributed by atoms with van der Waals surface area (Å²) in [5, 5.41) is 6.83. The largest absolute Gasteiger partial charge is 0.346 e. The number of anilines is 1. The topological polar surface area (TPSA) is 94.7 Å². The lowest BCUT2D eigenvalue weighted by molar-refractivity contribution is -0.117. The van der Waals surface area contributed by atoms with E-state index in [1.165, 1.54) is 23.4 Å². The molecule has 0 fully saturated rings. The van der Waals surface area contributed by atoms with Gasteiger partial charge in [-0.3, -0.25) is 9.36 Å². The number of carbonyl (C=O) groups excluding carboxylic acids is 1. The van der Waals surface area contributed by atoms with Crippen molar-refractivity contribution in [2.75, 3.05) is 5.32 Å². The summed E-state index contributed by atoms with van der Waals surface area (Å²) < 4.78 is 2.85. The zero-order chi connectivity index (χ0) is 13.9. The summed E-state index contributed by atoms with van der Waals surface area (Å²) in [4.78, 5) is 31.5. The first-order valence-corrected chi connectivity index (χ1v) is 6.45. The maximum atomic E-state index is 12.1. The Kier molecular flexibility index (Phi) is 3.28. The molecule has 0 saturated heterocycles. The molecule has 1 aliphatic heterocycles. The number of amides is 1. The lowest BCUT2D eigenvalue weighted by Crippen LogP contribution is -2.30. The van der Waals surface area contributed by atoms with Crippen LogP contribution in [0.1, 0.15) is 18.7 Å². The van der Waals surface area contributed by atoms with Crippen LogP contribution in [0.2, 0.25) is 0 Å². The van der Waals surface area contributed by atoms with Crippen LogP contribution in [0.25, 0.3) is 0 Å². The van der Waals surface area contributed by atoms with Gasteiger partial charge in [-0.1, -0.05) is 0 Å². The van der Waals surface area contributed by atoms with Gasteiger partial charge in [0, 0.05) is 13.0 Å². The van der Waals surface area contributed by atoms with Crippen molar-refractivity contribution in [1.29, 1.82) is 0 Å². The summed E-state index contributed by atoms with van der Waals surface area (Å²) in [6.45, 7) is 0.579. The van der Waals surface area contributed by atoms with Gasteiger partial charge in [0.25, 0.3) is 0 Å². The zero-order valence-corrected chi connectivity index (χ0v) is 10.8. The molecule has 8 heteroatoms. The predicted octanol–water partition coefficient (Wildman–Crippen LogP) is -0.190. The molecule has 0 aromatic carbocycles. The molecule has 0 atom stereocenters. The van der Waals surface area contributed by atoms with E-state index in [1.54, 1.807) is 4.57 Å². The lowest BCUT2D eigenvalue weighted by atomic mass is 10.2. The molecule has 8 nitrogen and oxygen atoms in total. The normalized spacial score (nSPS) is 13.8. The van der Waals surface area contributed by atoms with Gasteiger partial charge in [-0.15, -0.1) is 0 Å². The van der Waals surface area contributed by atoms with Crippen LogP contribution >= 0.6 is 0 Å². The van der Waals surface area contributed by atoms with Crippen LogP contribution < -0.4 is 11.0 Å². The van der Waals surface area contributed by atoms with Crippen LogP contribution in [-0.2, 0) is 24.3 Å². The number of hydrogen-bond acceptors (Lipinski definition) is 5. The van der Waals surface area contributed by atoms with Gasteiger partial charge >= 0.3 is 5.69 Å². The number of nitrogens with one attached hydrogen (secondary N) is 1. The minimum absolute atomic E-state index is 0.103. The van der Waals surface area contributed by atoms with Crippen molar-refractivity contribution in [3.05, 3.63) is 35.0 Å². The number of nitrogens with zero attached hydrogens (tertiary/aromatic N) is 5. The Bertz CT molecular complexity index is 675. The van der Waals surface area contributed by atoms with E-state index in [0.29, 0.717) is 12.2 Å². The molecule has 3 rings (SSSR count). The van der Waals surface area contributed by atoms with Crippen molar-refractivity contribution in [2.24, 2.45) is 0 Å². The van der Waals surface area contributed by atoms with Gasteiger partial charge < -0.3 is 5.32 Å². The Morgan fingerprint density at radius 1 is 1.30 bits per heavy atom. The molecule has 104 valence electrons. The first kappa shape index (κ1) is 12.5. The number of carbonyl (C=O) groups is 1. The number of hydrogen-bond donors (Lipinski definition) is 1.